The van der Waals surface area contributed by atoms with Crippen LogP contribution in [0, 0.1) is 6.92 Å². The van der Waals surface area contributed by atoms with Crippen LogP contribution in [0.1, 0.15) is 16.0 Å². The summed E-state index contributed by atoms with van der Waals surface area (Å²) in [4.78, 5) is 5.93. The Balaban J connectivity index is 1.63. The minimum atomic E-state index is 0.195. The third kappa shape index (κ3) is 2.87. The summed E-state index contributed by atoms with van der Waals surface area (Å²) in [6.07, 6.45) is 0.917. The van der Waals surface area contributed by atoms with E-state index in [2.05, 4.69) is 37.3 Å². The van der Waals surface area contributed by atoms with Crippen molar-refractivity contribution in [3.63, 3.8) is 0 Å². The molecular formula is C19H16ClNOS. The van der Waals surface area contributed by atoms with Crippen LogP contribution in [-0.2, 0) is 11.2 Å². The first-order chi connectivity index (χ1) is 11.2. The monoisotopic (exact) mass is 341 g/mol. The van der Waals surface area contributed by atoms with E-state index >= 15 is 0 Å². The zero-order valence-corrected chi connectivity index (χ0v) is 14.3. The molecule has 0 N–H and O–H groups in total. The summed E-state index contributed by atoms with van der Waals surface area (Å²) in [5.74, 6) is 0.778. The minimum absolute atomic E-state index is 0.195. The number of fused-ring (bicyclic) bond motifs is 1. The third-order valence-electron chi connectivity index (χ3n) is 4.12. The van der Waals surface area contributed by atoms with Crippen molar-refractivity contribution in [3.8, 4) is 0 Å². The summed E-state index contributed by atoms with van der Waals surface area (Å²) in [6.45, 7) is 2.76. The van der Waals surface area contributed by atoms with Crippen LogP contribution >= 0.6 is 22.9 Å². The quantitative estimate of drug-likeness (QED) is 0.637. The van der Waals surface area contributed by atoms with Gasteiger partial charge >= 0.3 is 0 Å². The van der Waals surface area contributed by atoms with Gasteiger partial charge in [-0.05, 0) is 48.1 Å². The molecule has 0 unspecified atom stereocenters. The standard InChI is InChI=1S/C19H16ClNOS/c1-12-16-10-14(20)7-8-17(16)23-18(12)19-21-15(11-22-19)9-13-5-3-2-4-6-13/h2-8,10,15H,9,11H2,1H3/t15-/m0/s1. The van der Waals surface area contributed by atoms with Gasteiger partial charge in [-0.1, -0.05) is 41.9 Å². The molecule has 1 aliphatic rings. The molecule has 23 heavy (non-hydrogen) atoms. The molecule has 0 aliphatic carbocycles. The van der Waals surface area contributed by atoms with E-state index in [0.717, 1.165) is 22.2 Å². The Bertz CT molecular complexity index is 885. The highest BCUT2D eigenvalue weighted by atomic mass is 35.5. The van der Waals surface area contributed by atoms with Gasteiger partial charge in [0.05, 0.1) is 10.9 Å². The summed E-state index contributed by atoms with van der Waals surface area (Å²) in [5, 5.41) is 1.96. The van der Waals surface area contributed by atoms with E-state index in [1.54, 1.807) is 11.3 Å². The highest BCUT2D eigenvalue weighted by molar-refractivity contribution is 7.21. The molecule has 2 nitrogen and oxygen atoms in total. The topological polar surface area (TPSA) is 21.6 Å². The molecule has 0 spiro atoms. The fourth-order valence-corrected chi connectivity index (χ4v) is 4.24. The van der Waals surface area contributed by atoms with E-state index in [1.807, 2.05) is 18.2 Å². The first-order valence-corrected chi connectivity index (χ1v) is 8.84. The maximum Gasteiger partial charge on any atom is 0.227 e. The van der Waals surface area contributed by atoms with E-state index in [9.17, 15) is 0 Å². The number of halogens is 1. The lowest BCUT2D eigenvalue weighted by Gasteiger charge is -2.03. The first-order valence-electron chi connectivity index (χ1n) is 7.64. The zero-order valence-electron chi connectivity index (χ0n) is 12.8. The summed E-state index contributed by atoms with van der Waals surface area (Å²) >= 11 is 7.84. The largest absolute Gasteiger partial charge is 0.475 e. The van der Waals surface area contributed by atoms with Crippen LogP contribution in [0.3, 0.4) is 0 Å². The van der Waals surface area contributed by atoms with E-state index in [0.29, 0.717) is 6.61 Å². The Morgan fingerprint density at radius 2 is 2.04 bits per heavy atom. The van der Waals surface area contributed by atoms with Crippen molar-refractivity contribution in [2.75, 3.05) is 6.61 Å². The summed E-state index contributed by atoms with van der Waals surface area (Å²) in [5.41, 5.74) is 2.50. The molecule has 0 saturated heterocycles. The van der Waals surface area contributed by atoms with Crippen LogP contribution in [0.15, 0.2) is 53.5 Å². The van der Waals surface area contributed by atoms with Gasteiger partial charge in [-0.3, -0.25) is 0 Å². The van der Waals surface area contributed by atoms with Crippen molar-refractivity contribution >= 4 is 38.9 Å². The molecule has 2 heterocycles. The van der Waals surface area contributed by atoms with Gasteiger partial charge in [-0.25, -0.2) is 4.99 Å². The molecule has 4 heteroatoms. The van der Waals surface area contributed by atoms with Gasteiger partial charge in [-0.15, -0.1) is 11.3 Å². The van der Waals surface area contributed by atoms with Crippen molar-refractivity contribution in [1.29, 1.82) is 0 Å². The number of hydrogen-bond donors (Lipinski definition) is 0. The number of hydrogen-bond acceptors (Lipinski definition) is 3. The van der Waals surface area contributed by atoms with E-state index in [4.69, 9.17) is 21.3 Å². The van der Waals surface area contributed by atoms with Gasteiger partial charge in [0.2, 0.25) is 5.90 Å². The lowest BCUT2D eigenvalue weighted by Crippen LogP contribution is -2.09. The zero-order chi connectivity index (χ0) is 15.8. The summed E-state index contributed by atoms with van der Waals surface area (Å²) in [7, 11) is 0. The Morgan fingerprint density at radius 3 is 2.87 bits per heavy atom. The molecule has 1 atom stereocenters. The van der Waals surface area contributed by atoms with Crippen molar-refractivity contribution in [2.24, 2.45) is 4.99 Å². The van der Waals surface area contributed by atoms with Crippen LogP contribution in [-0.4, -0.2) is 18.5 Å². The Hall–Kier alpha value is -1.84. The molecule has 0 amide bonds. The molecule has 0 bridgehead atoms. The van der Waals surface area contributed by atoms with Crippen LogP contribution < -0.4 is 0 Å². The second kappa shape index (κ2) is 5.99. The molecule has 0 radical (unpaired) electrons. The predicted molar refractivity (Wildman–Crippen MR) is 98.0 cm³/mol. The molecule has 0 fully saturated rings. The fourth-order valence-electron chi connectivity index (χ4n) is 2.93. The molecule has 0 saturated carbocycles. The minimum Gasteiger partial charge on any atom is -0.475 e. The maximum atomic E-state index is 6.12. The van der Waals surface area contributed by atoms with Crippen molar-refractivity contribution < 1.29 is 4.74 Å². The number of aryl methyl sites for hydroxylation is 1. The van der Waals surface area contributed by atoms with Gasteiger partial charge in [0.1, 0.15) is 6.61 Å². The lowest BCUT2D eigenvalue weighted by atomic mass is 10.1. The van der Waals surface area contributed by atoms with Crippen molar-refractivity contribution in [3.05, 3.63) is 69.6 Å². The Kier molecular flexibility index (Phi) is 3.83. The predicted octanol–water partition coefficient (Wildman–Crippen LogP) is 5.25. The van der Waals surface area contributed by atoms with Crippen molar-refractivity contribution in [2.45, 2.75) is 19.4 Å². The maximum absolute atomic E-state index is 6.12. The normalized spacial score (nSPS) is 17.3. The average molecular weight is 342 g/mol. The number of rotatable bonds is 3. The second-order valence-electron chi connectivity index (χ2n) is 5.79. The smallest absolute Gasteiger partial charge is 0.227 e. The number of benzene rings is 2. The molecule has 1 aromatic heterocycles. The first kappa shape index (κ1) is 14.7. The Morgan fingerprint density at radius 1 is 1.22 bits per heavy atom. The second-order valence-corrected chi connectivity index (χ2v) is 7.27. The third-order valence-corrected chi connectivity index (χ3v) is 5.61. The van der Waals surface area contributed by atoms with Gasteiger partial charge in [-0.2, -0.15) is 0 Å². The van der Waals surface area contributed by atoms with Gasteiger partial charge in [0.15, 0.2) is 0 Å². The molecule has 116 valence electrons. The highest BCUT2D eigenvalue weighted by Gasteiger charge is 2.24. The summed E-state index contributed by atoms with van der Waals surface area (Å²) in [6, 6.07) is 16.7. The number of aliphatic imine (C=N–C) groups is 1. The van der Waals surface area contributed by atoms with Gasteiger partial charge in [0, 0.05) is 9.72 Å². The van der Waals surface area contributed by atoms with Gasteiger partial charge < -0.3 is 4.74 Å². The average Bonchev–Trinajstić information content (AvgIpc) is 3.14. The number of nitrogens with zero attached hydrogens (tertiary/aromatic N) is 1. The molecule has 2 aromatic carbocycles. The number of ether oxygens (including phenoxy) is 1. The van der Waals surface area contributed by atoms with Crippen LogP contribution in [0.5, 0.6) is 0 Å². The van der Waals surface area contributed by atoms with E-state index in [-0.39, 0.29) is 6.04 Å². The van der Waals surface area contributed by atoms with Crippen LogP contribution in [0.4, 0.5) is 0 Å². The molecule has 1 aliphatic heterocycles. The van der Waals surface area contributed by atoms with Crippen LogP contribution in [0.2, 0.25) is 5.02 Å². The van der Waals surface area contributed by atoms with Gasteiger partial charge in [0.25, 0.3) is 0 Å². The van der Waals surface area contributed by atoms with E-state index < -0.39 is 0 Å². The van der Waals surface area contributed by atoms with Crippen LogP contribution in [0.25, 0.3) is 10.1 Å². The molecular weight excluding hydrogens is 326 g/mol. The summed E-state index contributed by atoms with van der Waals surface area (Å²) < 4.78 is 7.11. The SMILES string of the molecule is Cc1c(C2=N[C@@H](Cc3ccccc3)CO2)sc2ccc(Cl)cc12. The number of thiophene rings is 1. The lowest BCUT2D eigenvalue weighted by molar-refractivity contribution is 0.317. The highest BCUT2D eigenvalue weighted by Crippen LogP contribution is 2.34. The van der Waals surface area contributed by atoms with Crippen molar-refractivity contribution in [1.82, 2.24) is 0 Å². The molecule has 4 rings (SSSR count). The fraction of sp³-hybridized carbons (Fsp3) is 0.211. The Labute approximate surface area is 144 Å². The van der Waals surface area contributed by atoms with E-state index in [1.165, 1.54) is 21.2 Å². The molecule has 3 aromatic rings.